The zero-order chi connectivity index (χ0) is 23.2. The van der Waals surface area contributed by atoms with E-state index in [9.17, 15) is 9.90 Å². The maximum atomic E-state index is 12.2. The Morgan fingerprint density at radius 1 is 0.848 bits per heavy atom. The Balaban J connectivity index is 0.000000151. The number of carboxylic acid groups (broad SMARTS) is 1. The zero-order valence-electron chi connectivity index (χ0n) is 19.3. The van der Waals surface area contributed by atoms with Crippen LogP contribution in [0.25, 0.3) is 22.8 Å². The highest BCUT2D eigenvalue weighted by Crippen LogP contribution is 2.51. The molecule has 1 unspecified atom stereocenters. The number of rotatable bonds is 1. The van der Waals surface area contributed by atoms with Gasteiger partial charge in [0.25, 0.3) is 0 Å². The van der Waals surface area contributed by atoms with Crippen LogP contribution in [0.3, 0.4) is 0 Å². The van der Waals surface area contributed by atoms with Crippen LogP contribution in [0.1, 0.15) is 31.9 Å². The van der Waals surface area contributed by atoms with E-state index in [2.05, 4.69) is 54.6 Å². The molecule has 1 atom stereocenters. The molecule has 0 heterocycles. The van der Waals surface area contributed by atoms with E-state index in [0.29, 0.717) is 0 Å². The molecule has 164 valence electrons. The van der Waals surface area contributed by atoms with E-state index in [1.165, 1.54) is 22.3 Å². The van der Waals surface area contributed by atoms with Crippen LogP contribution in [0.15, 0.2) is 96.6 Å². The van der Waals surface area contributed by atoms with Crippen LogP contribution in [0, 0.1) is 10.8 Å². The Kier molecular flexibility index (Phi) is 4.97. The number of carboxylic acids is 1. The van der Waals surface area contributed by atoms with E-state index in [0.717, 1.165) is 28.0 Å². The highest BCUT2D eigenvalue weighted by atomic mass is 16.4. The molecule has 0 aliphatic heterocycles. The summed E-state index contributed by atoms with van der Waals surface area (Å²) in [5, 5.41) is 12.1. The van der Waals surface area contributed by atoms with Crippen molar-refractivity contribution in [2.75, 3.05) is 0 Å². The van der Waals surface area contributed by atoms with Crippen molar-refractivity contribution in [2.45, 2.75) is 27.2 Å². The van der Waals surface area contributed by atoms with Crippen molar-refractivity contribution in [3.8, 4) is 11.1 Å². The molecule has 0 fully saturated rings. The number of fused-ring (bicyclic) bond motifs is 5. The van der Waals surface area contributed by atoms with Gasteiger partial charge in [0, 0.05) is 0 Å². The summed E-state index contributed by atoms with van der Waals surface area (Å²) in [4.78, 5) is 12.2. The maximum Gasteiger partial charge on any atom is 0.318 e. The highest BCUT2D eigenvalue weighted by Gasteiger charge is 2.52. The third kappa shape index (κ3) is 3.29. The van der Waals surface area contributed by atoms with Gasteiger partial charge in [0.2, 0.25) is 0 Å². The molecule has 3 aliphatic carbocycles. The van der Waals surface area contributed by atoms with Crippen molar-refractivity contribution in [3.05, 3.63) is 118 Å². The topological polar surface area (TPSA) is 37.3 Å². The summed E-state index contributed by atoms with van der Waals surface area (Å²) in [6.45, 7) is 5.97. The second-order valence-corrected chi connectivity index (χ2v) is 9.94. The van der Waals surface area contributed by atoms with Crippen LogP contribution in [-0.2, 0) is 11.2 Å². The molecular formula is C31H28O2. The number of allylic oxidation sites excluding steroid dienone is 3. The van der Waals surface area contributed by atoms with Gasteiger partial charge in [0.15, 0.2) is 0 Å². The van der Waals surface area contributed by atoms with Crippen molar-refractivity contribution in [1.29, 1.82) is 0 Å². The van der Waals surface area contributed by atoms with E-state index in [4.69, 9.17) is 0 Å². The van der Waals surface area contributed by atoms with E-state index in [1.54, 1.807) is 0 Å². The lowest BCUT2D eigenvalue weighted by Crippen LogP contribution is -2.46. The molecule has 0 spiro atoms. The summed E-state index contributed by atoms with van der Waals surface area (Å²) in [7, 11) is 0. The van der Waals surface area contributed by atoms with Gasteiger partial charge in [-0.1, -0.05) is 112 Å². The predicted molar refractivity (Wildman–Crippen MR) is 135 cm³/mol. The molecule has 3 aromatic carbocycles. The zero-order valence-corrected chi connectivity index (χ0v) is 19.3. The van der Waals surface area contributed by atoms with Crippen LogP contribution in [0.2, 0.25) is 0 Å². The molecule has 6 rings (SSSR count). The molecule has 0 bridgehead atoms. The third-order valence-electron chi connectivity index (χ3n) is 7.07. The molecule has 33 heavy (non-hydrogen) atoms. The summed E-state index contributed by atoms with van der Waals surface area (Å²) in [6.07, 6.45) is 8.90. The molecular weight excluding hydrogens is 404 g/mol. The SMILES string of the molecule is CC(C)(C)C1(C(=O)O)C=CC=C2C=c3ccccc3=C21.c1ccc2c(c1)Cc1ccccc1-2. The van der Waals surface area contributed by atoms with Crippen molar-refractivity contribution in [3.63, 3.8) is 0 Å². The van der Waals surface area contributed by atoms with Crippen molar-refractivity contribution >= 4 is 17.6 Å². The van der Waals surface area contributed by atoms with Gasteiger partial charge in [-0.05, 0) is 61.7 Å². The first-order valence-electron chi connectivity index (χ1n) is 11.4. The Bertz CT molecular complexity index is 1400. The lowest BCUT2D eigenvalue weighted by atomic mass is 9.59. The van der Waals surface area contributed by atoms with E-state index >= 15 is 0 Å². The monoisotopic (exact) mass is 432 g/mol. The van der Waals surface area contributed by atoms with E-state index < -0.39 is 16.8 Å². The molecule has 3 aliphatic rings. The molecule has 0 radical (unpaired) electrons. The fraction of sp³-hybridized carbons (Fsp3) is 0.194. The first-order chi connectivity index (χ1) is 15.8. The average Bonchev–Trinajstić information content (AvgIpc) is 3.37. The van der Waals surface area contributed by atoms with Gasteiger partial charge in [-0.2, -0.15) is 0 Å². The number of hydrogen-bond donors (Lipinski definition) is 1. The fourth-order valence-corrected chi connectivity index (χ4v) is 5.40. The van der Waals surface area contributed by atoms with Crippen LogP contribution in [0.5, 0.6) is 0 Å². The minimum atomic E-state index is -0.986. The lowest BCUT2D eigenvalue weighted by molar-refractivity contribution is -0.147. The smallest absolute Gasteiger partial charge is 0.318 e. The lowest BCUT2D eigenvalue weighted by Gasteiger charge is -2.42. The second-order valence-electron chi connectivity index (χ2n) is 9.94. The molecule has 3 aromatic rings. The average molecular weight is 433 g/mol. The first-order valence-corrected chi connectivity index (χ1v) is 11.4. The standard InChI is InChI=1S/C18H18O2.C13H10/c1-17(2,3)18(16(19)20)10-6-8-13-11-12-7-4-5-9-14(12)15(13)18;1-3-7-12-10(5-1)9-11-6-2-4-8-13(11)12/h4-11H,1-3H3,(H,19,20);1-8H,9H2. The Morgan fingerprint density at radius 3 is 2.03 bits per heavy atom. The third-order valence-corrected chi connectivity index (χ3v) is 7.07. The minimum absolute atomic E-state index is 0.407. The largest absolute Gasteiger partial charge is 0.480 e. The van der Waals surface area contributed by atoms with Gasteiger partial charge in [-0.3, -0.25) is 4.79 Å². The van der Waals surface area contributed by atoms with E-state index in [1.807, 2.05) is 63.3 Å². The molecule has 0 amide bonds. The van der Waals surface area contributed by atoms with Gasteiger partial charge in [0.05, 0.1) is 0 Å². The van der Waals surface area contributed by atoms with Gasteiger partial charge >= 0.3 is 5.97 Å². The van der Waals surface area contributed by atoms with Crippen molar-refractivity contribution in [2.24, 2.45) is 10.8 Å². The van der Waals surface area contributed by atoms with Crippen molar-refractivity contribution < 1.29 is 9.90 Å². The Morgan fingerprint density at radius 2 is 1.42 bits per heavy atom. The van der Waals surface area contributed by atoms with Gasteiger partial charge in [0.1, 0.15) is 5.41 Å². The van der Waals surface area contributed by atoms with Crippen LogP contribution < -0.4 is 10.4 Å². The second kappa shape index (κ2) is 7.74. The number of benzene rings is 3. The van der Waals surface area contributed by atoms with E-state index in [-0.39, 0.29) is 0 Å². The molecule has 2 heteroatoms. The Hall–Kier alpha value is -3.65. The van der Waals surface area contributed by atoms with Crippen LogP contribution in [-0.4, -0.2) is 11.1 Å². The summed E-state index contributed by atoms with van der Waals surface area (Å²) in [6, 6.07) is 25.3. The number of aliphatic carboxylic acids is 1. The fourth-order valence-electron chi connectivity index (χ4n) is 5.40. The Labute approximate surface area is 194 Å². The first kappa shape index (κ1) is 21.2. The van der Waals surface area contributed by atoms with Gasteiger partial charge in [-0.15, -0.1) is 0 Å². The normalized spacial score (nSPS) is 19.2. The molecule has 0 saturated carbocycles. The quantitative estimate of drug-likeness (QED) is 0.431. The summed E-state index contributed by atoms with van der Waals surface area (Å²) < 4.78 is 0. The summed E-state index contributed by atoms with van der Waals surface area (Å²) >= 11 is 0. The van der Waals surface area contributed by atoms with Gasteiger partial charge in [-0.25, -0.2) is 0 Å². The number of hydrogen-bond acceptors (Lipinski definition) is 1. The number of carbonyl (C=O) groups is 1. The molecule has 0 saturated heterocycles. The van der Waals surface area contributed by atoms with Crippen LogP contribution in [0.4, 0.5) is 0 Å². The summed E-state index contributed by atoms with van der Waals surface area (Å²) in [5.41, 5.74) is 6.31. The van der Waals surface area contributed by atoms with Gasteiger partial charge < -0.3 is 5.11 Å². The molecule has 0 aromatic heterocycles. The van der Waals surface area contributed by atoms with Crippen LogP contribution >= 0.6 is 0 Å². The molecule has 2 nitrogen and oxygen atoms in total. The molecule has 1 N–H and O–H groups in total. The minimum Gasteiger partial charge on any atom is -0.480 e. The predicted octanol–water partition coefficient (Wildman–Crippen LogP) is 5.50. The maximum absolute atomic E-state index is 12.2. The van der Waals surface area contributed by atoms with Crippen molar-refractivity contribution in [1.82, 2.24) is 0 Å². The highest BCUT2D eigenvalue weighted by molar-refractivity contribution is 6.01. The summed E-state index contributed by atoms with van der Waals surface area (Å²) in [5.74, 6) is -0.785.